The summed E-state index contributed by atoms with van der Waals surface area (Å²) in [6.07, 6.45) is 17.0. The van der Waals surface area contributed by atoms with Gasteiger partial charge in [-0.15, -0.1) is 0 Å². The lowest BCUT2D eigenvalue weighted by atomic mass is 9.96. The number of unbranched alkanes of at least 4 members (excludes halogenated alkanes) is 10. The molecule has 0 aromatic rings. The van der Waals surface area contributed by atoms with Crippen LogP contribution in [0.3, 0.4) is 0 Å². The van der Waals surface area contributed by atoms with Crippen LogP contribution in [0.2, 0.25) is 0 Å². The van der Waals surface area contributed by atoms with E-state index in [1.807, 2.05) is 0 Å². The second kappa shape index (κ2) is 12.6. The smallest absolute Gasteiger partial charge is 0.0591 e. The van der Waals surface area contributed by atoms with Gasteiger partial charge in [-0.2, -0.15) is 0 Å². The third-order valence-electron chi connectivity index (χ3n) is 4.61. The summed E-state index contributed by atoms with van der Waals surface area (Å²) in [7, 11) is 0. The van der Waals surface area contributed by atoms with Crippen LogP contribution in [0.25, 0.3) is 0 Å². The van der Waals surface area contributed by atoms with E-state index in [-0.39, 0.29) is 6.10 Å². The summed E-state index contributed by atoms with van der Waals surface area (Å²) in [5.41, 5.74) is 0. The highest BCUT2D eigenvalue weighted by molar-refractivity contribution is 4.72. The predicted molar refractivity (Wildman–Crippen MR) is 86.0 cm³/mol. The lowest BCUT2D eigenvalue weighted by molar-refractivity contribution is 0.0825. The molecular formula is C18H36O2. The average Bonchev–Trinajstić information content (AvgIpc) is 2.99. The second-order valence-electron chi connectivity index (χ2n) is 6.52. The molecule has 1 N–H and O–H groups in total. The molecule has 0 aromatic heterocycles. The fourth-order valence-electron chi connectivity index (χ4n) is 3.11. The molecule has 0 aromatic carbocycles. The Morgan fingerprint density at radius 2 is 1.45 bits per heavy atom. The van der Waals surface area contributed by atoms with Crippen molar-refractivity contribution in [3.63, 3.8) is 0 Å². The summed E-state index contributed by atoms with van der Waals surface area (Å²) >= 11 is 0. The largest absolute Gasteiger partial charge is 0.393 e. The van der Waals surface area contributed by atoms with E-state index in [1.54, 1.807) is 0 Å². The number of aliphatic hydroxyl groups excluding tert-OH is 1. The third-order valence-corrected chi connectivity index (χ3v) is 4.61. The average molecular weight is 284 g/mol. The van der Waals surface area contributed by atoms with Gasteiger partial charge in [-0.25, -0.2) is 0 Å². The monoisotopic (exact) mass is 284 g/mol. The van der Waals surface area contributed by atoms with Crippen LogP contribution in [0, 0.1) is 5.92 Å². The van der Waals surface area contributed by atoms with Crippen LogP contribution < -0.4 is 0 Å². The molecule has 1 saturated heterocycles. The molecule has 0 aliphatic carbocycles. The van der Waals surface area contributed by atoms with Crippen molar-refractivity contribution in [3.8, 4) is 0 Å². The highest BCUT2D eigenvalue weighted by Crippen LogP contribution is 2.21. The van der Waals surface area contributed by atoms with Crippen molar-refractivity contribution in [2.24, 2.45) is 5.92 Å². The predicted octanol–water partition coefficient (Wildman–Crippen LogP) is 5.08. The van der Waals surface area contributed by atoms with Gasteiger partial charge in [0.2, 0.25) is 0 Å². The summed E-state index contributed by atoms with van der Waals surface area (Å²) in [4.78, 5) is 0. The zero-order valence-corrected chi connectivity index (χ0v) is 13.6. The maximum atomic E-state index is 10.0. The molecule has 0 radical (unpaired) electrons. The molecule has 0 bridgehead atoms. The van der Waals surface area contributed by atoms with Gasteiger partial charge in [0.1, 0.15) is 0 Å². The Hall–Kier alpha value is -0.0800. The molecule has 20 heavy (non-hydrogen) atoms. The van der Waals surface area contributed by atoms with Crippen LogP contribution in [0.15, 0.2) is 0 Å². The standard InChI is InChI=1S/C18H36O2/c1-2-3-4-5-6-7-8-9-10-11-12-13-18(19)17-14-15-20-16-17/h17-19H,2-16H2,1H3. The summed E-state index contributed by atoms with van der Waals surface area (Å²) in [6.45, 7) is 3.90. The Morgan fingerprint density at radius 1 is 0.900 bits per heavy atom. The van der Waals surface area contributed by atoms with E-state index in [9.17, 15) is 5.11 Å². The summed E-state index contributed by atoms with van der Waals surface area (Å²) < 4.78 is 5.33. The molecule has 2 heteroatoms. The van der Waals surface area contributed by atoms with Gasteiger partial charge in [-0.3, -0.25) is 0 Å². The summed E-state index contributed by atoms with van der Waals surface area (Å²) in [6, 6.07) is 0. The maximum absolute atomic E-state index is 10.0. The highest BCUT2D eigenvalue weighted by atomic mass is 16.5. The maximum Gasteiger partial charge on any atom is 0.0591 e. The van der Waals surface area contributed by atoms with Crippen LogP contribution in [-0.2, 0) is 4.74 Å². The summed E-state index contributed by atoms with van der Waals surface area (Å²) in [5.74, 6) is 0.415. The molecule has 120 valence electrons. The fraction of sp³-hybridized carbons (Fsp3) is 1.00. The van der Waals surface area contributed by atoms with Gasteiger partial charge in [-0.1, -0.05) is 77.6 Å². The number of hydrogen-bond acceptors (Lipinski definition) is 2. The molecule has 0 saturated carbocycles. The van der Waals surface area contributed by atoms with Gasteiger partial charge in [0.25, 0.3) is 0 Å². The molecule has 0 amide bonds. The van der Waals surface area contributed by atoms with Crippen molar-refractivity contribution in [1.82, 2.24) is 0 Å². The first kappa shape index (κ1) is 18.0. The van der Waals surface area contributed by atoms with E-state index < -0.39 is 0 Å². The molecule has 1 aliphatic heterocycles. The van der Waals surface area contributed by atoms with Gasteiger partial charge >= 0.3 is 0 Å². The number of rotatable bonds is 13. The molecule has 2 nitrogen and oxygen atoms in total. The molecule has 2 unspecified atom stereocenters. The van der Waals surface area contributed by atoms with Gasteiger partial charge in [0.05, 0.1) is 12.7 Å². The highest BCUT2D eigenvalue weighted by Gasteiger charge is 2.23. The zero-order chi connectivity index (χ0) is 14.5. The Bertz CT molecular complexity index is 200. The first-order valence-electron chi connectivity index (χ1n) is 9.10. The Balaban J connectivity index is 1.76. The minimum absolute atomic E-state index is 0.115. The van der Waals surface area contributed by atoms with Crippen molar-refractivity contribution in [1.29, 1.82) is 0 Å². The minimum atomic E-state index is -0.115. The second-order valence-corrected chi connectivity index (χ2v) is 6.52. The number of ether oxygens (including phenoxy) is 1. The first-order chi connectivity index (χ1) is 9.84. The van der Waals surface area contributed by atoms with Crippen LogP contribution >= 0.6 is 0 Å². The molecule has 1 fully saturated rings. The molecule has 0 spiro atoms. The lowest BCUT2D eigenvalue weighted by Gasteiger charge is -2.15. The van der Waals surface area contributed by atoms with Crippen molar-refractivity contribution >= 4 is 0 Å². The normalized spacial score (nSPS) is 20.4. The van der Waals surface area contributed by atoms with Crippen LogP contribution in [0.5, 0.6) is 0 Å². The van der Waals surface area contributed by atoms with E-state index in [2.05, 4.69) is 6.92 Å². The van der Waals surface area contributed by atoms with Gasteiger partial charge < -0.3 is 9.84 Å². The SMILES string of the molecule is CCCCCCCCCCCCCC(O)C1CCOC1. The van der Waals surface area contributed by atoms with Crippen molar-refractivity contribution in [3.05, 3.63) is 0 Å². The lowest BCUT2D eigenvalue weighted by Crippen LogP contribution is -2.20. The van der Waals surface area contributed by atoms with E-state index in [4.69, 9.17) is 4.74 Å². The van der Waals surface area contributed by atoms with Crippen LogP contribution in [-0.4, -0.2) is 24.4 Å². The van der Waals surface area contributed by atoms with Crippen molar-refractivity contribution < 1.29 is 9.84 Å². The minimum Gasteiger partial charge on any atom is -0.393 e. The van der Waals surface area contributed by atoms with Gasteiger partial charge in [-0.05, 0) is 12.8 Å². The Kier molecular flexibility index (Phi) is 11.4. The topological polar surface area (TPSA) is 29.5 Å². The van der Waals surface area contributed by atoms with Gasteiger partial charge in [0.15, 0.2) is 0 Å². The third kappa shape index (κ3) is 8.97. The molecule has 1 aliphatic rings. The Morgan fingerprint density at radius 3 is 1.95 bits per heavy atom. The number of hydrogen-bond donors (Lipinski definition) is 1. The van der Waals surface area contributed by atoms with Gasteiger partial charge in [0, 0.05) is 12.5 Å². The van der Waals surface area contributed by atoms with Crippen molar-refractivity contribution in [2.75, 3.05) is 13.2 Å². The number of aliphatic hydroxyl groups is 1. The Labute approximate surface area is 126 Å². The van der Waals surface area contributed by atoms with E-state index >= 15 is 0 Å². The molecule has 1 rings (SSSR count). The molecule has 1 heterocycles. The van der Waals surface area contributed by atoms with Crippen LogP contribution in [0.1, 0.15) is 90.4 Å². The van der Waals surface area contributed by atoms with E-state index in [0.29, 0.717) is 5.92 Å². The van der Waals surface area contributed by atoms with E-state index in [1.165, 1.54) is 70.6 Å². The van der Waals surface area contributed by atoms with Crippen LogP contribution in [0.4, 0.5) is 0 Å². The van der Waals surface area contributed by atoms with E-state index in [0.717, 1.165) is 26.1 Å². The van der Waals surface area contributed by atoms with Crippen molar-refractivity contribution in [2.45, 2.75) is 96.5 Å². The quantitative estimate of drug-likeness (QED) is 0.478. The fourth-order valence-corrected chi connectivity index (χ4v) is 3.11. The molecular weight excluding hydrogens is 248 g/mol. The zero-order valence-electron chi connectivity index (χ0n) is 13.6. The summed E-state index contributed by atoms with van der Waals surface area (Å²) in [5, 5.41) is 10.0. The first-order valence-corrected chi connectivity index (χ1v) is 9.10. The molecule has 2 atom stereocenters.